The van der Waals surface area contributed by atoms with E-state index in [1.165, 1.54) is 0 Å². The fraction of sp³-hybridized carbons (Fsp3) is 0.474. The molecule has 1 aliphatic heterocycles. The molecule has 0 radical (unpaired) electrons. The van der Waals surface area contributed by atoms with Crippen LogP contribution in [0, 0.1) is 0 Å². The van der Waals surface area contributed by atoms with Crippen LogP contribution in [0.25, 0.3) is 0 Å². The molecule has 1 saturated heterocycles. The molecule has 0 saturated carbocycles. The van der Waals surface area contributed by atoms with Crippen LogP contribution in [0.15, 0.2) is 36.5 Å². The number of methoxy groups -OCH3 is 1. The number of amides is 1. The number of nitrogens with zero attached hydrogens (tertiary/aromatic N) is 2. The molecule has 3 rings (SSSR count). The first-order valence-corrected chi connectivity index (χ1v) is 9.31. The van der Waals surface area contributed by atoms with Crippen molar-refractivity contribution in [2.75, 3.05) is 20.2 Å². The number of hydrogen-bond donors (Lipinski definition) is 2. The van der Waals surface area contributed by atoms with Gasteiger partial charge >= 0.3 is 0 Å². The maximum absolute atomic E-state index is 12.6. The van der Waals surface area contributed by atoms with Crippen molar-refractivity contribution in [2.45, 2.75) is 38.0 Å². The van der Waals surface area contributed by atoms with Crippen LogP contribution in [0.1, 0.15) is 48.0 Å². The number of ether oxygens (including phenoxy) is 1. The van der Waals surface area contributed by atoms with Gasteiger partial charge in [0, 0.05) is 24.9 Å². The lowest BCUT2D eigenvalue weighted by molar-refractivity contribution is 0.0642. The maximum atomic E-state index is 12.6. The van der Waals surface area contributed by atoms with Crippen LogP contribution < -0.4 is 10.6 Å². The molecule has 2 N–H and O–H groups in total. The summed E-state index contributed by atoms with van der Waals surface area (Å²) in [5, 5.41) is 11.5. The number of carbonyl (C=O) groups is 1. The minimum Gasteiger partial charge on any atom is -0.375 e. The summed E-state index contributed by atoms with van der Waals surface area (Å²) in [6, 6.07) is 9.31. The van der Waals surface area contributed by atoms with Gasteiger partial charge in [-0.3, -0.25) is 9.48 Å². The summed E-state index contributed by atoms with van der Waals surface area (Å²) < 4.78 is 7.47. The van der Waals surface area contributed by atoms with Crippen LogP contribution in [-0.4, -0.2) is 41.9 Å². The predicted octanol–water partition coefficient (Wildman–Crippen LogP) is 3.39. The van der Waals surface area contributed by atoms with Gasteiger partial charge in [0.25, 0.3) is 5.91 Å². The minimum atomic E-state index is -0.263. The monoisotopic (exact) mass is 412 g/mol. The molecular weight excluding hydrogens is 387 g/mol. The number of aromatic nitrogens is 2. The van der Waals surface area contributed by atoms with E-state index in [2.05, 4.69) is 15.7 Å². The number of carbonyl (C=O) groups excluding carboxylic acids is 1. The Morgan fingerprint density at radius 3 is 2.74 bits per heavy atom. The van der Waals surface area contributed by atoms with Gasteiger partial charge in [0.15, 0.2) is 0 Å². The third kappa shape index (κ3) is 5.45. The molecule has 3 unspecified atom stereocenters. The normalized spacial score (nSPS) is 19.0. The molecule has 27 heavy (non-hydrogen) atoms. The van der Waals surface area contributed by atoms with E-state index >= 15 is 0 Å². The van der Waals surface area contributed by atoms with Crippen molar-refractivity contribution in [2.24, 2.45) is 0 Å². The average Bonchev–Trinajstić information content (AvgIpc) is 3.15. The fourth-order valence-electron chi connectivity index (χ4n) is 3.36. The molecule has 1 aliphatic rings. The highest BCUT2D eigenvalue weighted by Gasteiger charge is 2.23. The number of benzene rings is 1. The van der Waals surface area contributed by atoms with E-state index in [1.54, 1.807) is 13.2 Å². The first-order valence-electron chi connectivity index (χ1n) is 8.93. The highest BCUT2D eigenvalue weighted by molar-refractivity contribution is 6.30. The summed E-state index contributed by atoms with van der Waals surface area (Å²) in [5.74, 6) is -0.198. The van der Waals surface area contributed by atoms with E-state index in [0.29, 0.717) is 16.8 Å². The van der Waals surface area contributed by atoms with Crippen molar-refractivity contribution in [3.8, 4) is 0 Å². The third-order valence-electron chi connectivity index (χ3n) is 4.75. The van der Waals surface area contributed by atoms with Crippen molar-refractivity contribution in [1.82, 2.24) is 20.4 Å². The molecule has 0 aliphatic carbocycles. The summed E-state index contributed by atoms with van der Waals surface area (Å²) in [7, 11) is 1.63. The van der Waals surface area contributed by atoms with E-state index in [0.717, 1.165) is 31.5 Å². The molecule has 0 bridgehead atoms. The van der Waals surface area contributed by atoms with Crippen LogP contribution in [0.4, 0.5) is 0 Å². The fourth-order valence-corrected chi connectivity index (χ4v) is 3.49. The molecule has 1 fully saturated rings. The van der Waals surface area contributed by atoms with E-state index in [4.69, 9.17) is 16.3 Å². The van der Waals surface area contributed by atoms with Gasteiger partial charge in [0.1, 0.15) is 11.8 Å². The Morgan fingerprint density at radius 2 is 2.11 bits per heavy atom. The molecule has 3 atom stereocenters. The Labute approximate surface area is 171 Å². The topological polar surface area (TPSA) is 68.2 Å². The highest BCUT2D eigenvalue weighted by atomic mass is 35.5. The number of nitrogens with one attached hydrogen (secondary N) is 2. The molecule has 1 amide bonds. The molecule has 8 heteroatoms. The van der Waals surface area contributed by atoms with Gasteiger partial charge in [0.05, 0.1) is 12.1 Å². The Morgan fingerprint density at radius 1 is 1.37 bits per heavy atom. The van der Waals surface area contributed by atoms with Crippen LogP contribution in [0.5, 0.6) is 0 Å². The van der Waals surface area contributed by atoms with Crippen LogP contribution in [-0.2, 0) is 4.74 Å². The van der Waals surface area contributed by atoms with Crippen LogP contribution in [0.3, 0.4) is 0 Å². The summed E-state index contributed by atoms with van der Waals surface area (Å²) in [4.78, 5) is 12.6. The lowest BCUT2D eigenvalue weighted by atomic mass is 10.0. The predicted molar refractivity (Wildman–Crippen MR) is 109 cm³/mol. The second-order valence-corrected chi connectivity index (χ2v) is 7.09. The van der Waals surface area contributed by atoms with Gasteiger partial charge < -0.3 is 15.4 Å². The average molecular weight is 413 g/mol. The summed E-state index contributed by atoms with van der Waals surface area (Å²) in [6.45, 7) is 3.86. The lowest BCUT2D eigenvalue weighted by Gasteiger charge is -2.24. The standard InChI is InChI=1S/C19H25ClN4O2.ClH/c1-13(18(26-2)14-5-7-15(20)8-6-14)22-19(25)17-9-11-24(23-17)16-4-3-10-21-12-16;/h5-9,11,13,16,18,21H,3-4,10,12H2,1-2H3,(H,22,25);1H. The molecular formula is C19H26Cl2N4O2. The lowest BCUT2D eigenvalue weighted by Crippen LogP contribution is -2.38. The second kappa shape index (κ2) is 10.1. The Balaban J connectivity index is 0.00000261. The van der Waals surface area contributed by atoms with Crippen molar-refractivity contribution in [1.29, 1.82) is 0 Å². The van der Waals surface area contributed by atoms with Crippen molar-refractivity contribution in [3.63, 3.8) is 0 Å². The zero-order valence-corrected chi connectivity index (χ0v) is 17.1. The van der Waals surface area contributed by atoms with E-state index in [9.17, 15) is 4.79 Å². The zero-order chi connectivity index (χ0) is 18.5. The molecule has 6 nitrogen and oxygen atoms in total. The third-order valence-corrected chi connectivity index (χ3v) is 5.00. The molecule has 1 aromatic carbocycles. The molecule has 0 spiro atoms. The van der Waals surface area contributed by atoms with Gasteiger partial charge in [-0.1, -0.05) is 23.7 Å². The molecule has 2 aromatic rings. The largest absolute Gasteiger partial charge is 0.375 e. The number of rotatable bonds is 6. The number of halogens is 2. The van der Waals surface area contributed by atoms with Crippen LogP contribution in [0.2, 0.25) is 5.02 Å². The summed E-state index contributed by atoms with van der Waals surface area (Å²) >= 11 is 5.94. The van der Waals surface area contributed by atoms with E-state index < -0.39 is 0 Å². The van der Waals surface area contributed by atoms with Gasteiger partial charge in [-0.2, -0.15) is 5.10 Å². The van der Waals surface area contributed by atoms with Crippen molar-refractivity contribution >= 4 is 29.9 Å². The summed E-state index contributed by atoms with van der Waals surface area (Å²) in [5.41, 5.74) is 1.39. The van der Waals surface area contributed by atoms with E-state index in [1.807, 2.05) is 42.1 Å². The quantitative estimate of drug-likeness (QED) is 0.762. The number of hydrogen-bond acceptors (Lipinski definition) is 4. The van der Waals surface area contributed by atoms with Gasteiger partial charge in [0.2, 0.25) is 0 Å². The van der Waals surface area contributed by atoms with Gasteiger partial charge in [-0.15, -0.1) is 12.4 Å². The highest BCUT2D eigenvalue weighted by Crippen LogP contribution is 2.23. The Kier molecular flexibility index (Phi) is 8.10. The minimum absolute atomic E-state index is 0. The first kappa shape index (κ1) is 21.7. The first-order chi connectivity index (χ1) is 12.6. The van der Waals surface area contributed by atoms with Crippen molar-refractivity contribution in [3.05, 3.63) is 52.8 Å². The summed E-state index contributed by atoms with van der Waals surface area (Å²) in [6.07, 6.45) is 3.82. The Hall–Kier alpha value is -1.60. The molecule has 2 heterocycles. The SMILES string of the molecule is COC(c1ccc(Cl)cc1)C(C)NC(=O)c1ccn(C2CCCNC2)n1.Cl. The zero-order valence-electron chi connectivity index (χ0n) is 15.5. The van der Waals surface area contributed by atoms with Crippen LogP contribution >= 0.6 is 24.0 Å². The second-order valence-electron chi connectivity index (χ2n) is 6.65. The van der Waals surface area contributed by atoms with Gasteiger partial charge in [-0.25, -0.2) is 0 Å². The number of piperidine rings is 1. The maximum Gasteiger partial charge on any atom is 0.272 e. The molecule has 1 aromatic heterocycles. The van der Waals surface area contributed by atoms with Crippen molar-refractivity contribution < 1.29 is 9.53 Å². The smallest absolute Gasteiger partial charge is 0.272 e. The van der Waals surface area contributed by atoms with Gasteiger partial charge in [-0.05, 0) is 50.1 Å². The van der Waals surface area contributed by atoms with E-state index in [-0.39, 0.29) is 30.5 Å². The Bertz CT molecular complexity index is 730. The molecule has 148 valence electrons.